The molecule has 1 aliphatic rings. The Morgan fingerprint density at radius 3 is 2.50 bits per heavy atom. The van der Waals surface area contributed by atoms with E-state index in [0.717, 1.165) is 13.0 Å². The van der Waals surface area contributed by atoms with Crippen molar-refractivity contribution in [3.05, 3.63) is 18.7 Å². The van der Waals surface area contributed by atoms with Gasteiger partial charge in [0.2, 0.25) is 0 Å². The monoisotopic (exact) mass is 437 g/mol. The van der Waals surface area contributed by atoms with Gasteiger partial charge in [-0.1, -0.05) is 20.8 Å². The van der Waals surface area contributed by atoms with Crippen molar-refractivity contribution in [1.82, 2.24) is 9.47 Å². The first-order valence-corrected chi connectivity index (χ1v) is 10.5. The van der Waals surface area contributed by atoms with Crippen molar-refractivity contribution in [2.45, 2.75) is 51.4 Å². The zero-order chi connectivity index (χ0) is 15.8. The molecule has 0 N–H and O–H groups in total. The van der Waals surface area contributed by atoms with Gasteiger partial charge in [0.15, 0.2) is 8.32 Å². The molecule has 0 bridgehead atoms. The number of aromatic nitrogens is 2. The molecule has 0 aromatic carbocycles. The third-order valence-electron chi connectivity index (χ3n) is 4.67. The Hall–Kier alpha value is -0.413. The van der Waals surface area contributed by atoms with Gasteiger partial charge in [-0.05, 0) is 24.6 Å². The van der Waals surface area contributed by atoms with Gasteiger partial charge in [-0.15, -0.1) is 0 Å². The summed E-state index contributed by atoms with van der Waals surface area (Å²) in [5, 5.41) is 0.207. The summed E-state index contributed by atoms with van der Waals surface area (Å²) < 4.78 is 9.92. The average molecular weight is 437 g/mol. The lowest BCUT2D eigenvalue weighted by Gasteiger charge is -2.38. The van der Waals surface area contributed by atoms with Crippen LogP contribution in [0.5, 0.6) is 0 Å². The van der Waals surface area contributed by atoms with E-state index in [4.69, 9.17) is 4.43 Å². The van der Waals surface area contributed by atoms with Crippen molar-refractivity contribution < 1.29 is 37.8 Å². The second kappa shape index (κ2) is 7.00. The Morgan fingerprint density at radius 1 is 1.36 bits per heavy atom. The zero-order valence-electron chi connectivity index (χ0n) is 14.5. The van der Waals surface area contributed by atoms with Crippen LogP contribution in [0.15, 0.2) is 18.7 Å². The van der Waals surface area contributed by atoms with Crippen LogP contribution in [-0.2, 0) is 11.5 Å². The molecule has 0 radical (unpaired) electrons. The van der Waals surface area contributed by atoms with Crippen molar-refractivity contribution >= 4 is 14.3 Å². The molecule has 0 aliphatic carbocycles. The molecule has 7 heteroatoms. The molecule has 0 saturated carbocycles. The predicted molar refractivity (Wildman–Crippen MR) is 84.7 cm³/mol. The lowest BCUT2D eigenvalue weighted by molar-refractivity contribution is -0.670. The number of hydrogen-bond acceptors (Lipinski definition) is 2. The molecule has 1 aliphatic heterocycles. The molecule has 1 saturated heterocycles. The van der Waals surface area contributed by atoms with Crippen LogP contribution in [0.2, 0.25) is 18.1 Å². The number of aryl methyl sites for hydroxylation is 1. The minimum absolute atomic E-state index is 0. The van der Waals surface area contributed by atoms with Gasteiger partial charge in [0.1, 0.15) is 12.4 Å². The molecule has 2 rings (SSSR count). The lowest BCUT2D eigenvalue weighted by Crippen LogP contribution is -3.00. The number of imidazole rings is 1. The van der Waals surface area contributed by atoms with Gasteiger partial charge in [0.25, 0.3) is 6.33 Å². The molecule has 1 atom stereocenters. The Morgan fingerprint density at radius 2 is 2.00 bits per heavy atom. The molecule has 1 aromatic rings. The normalized spacial score (nSPS) is 19.2. The van der Waals surface area contributed by atoms with E-state index in [1.807, 2.05) is 22.7 Å². The molecule has 0 spiro atoms. The van der Waals surface area contributed by atoms with E-state index < -0.39 is 8.32 Å². The highest BCUT2D eigenvalue weighted by Gasteiger charge is 2.41. The average Bonchev–Trinajstić information content (AvgIpc) is 2.95. The largest absolute Gasteiger partial charge is 1.00 e. The van der Waals surface area contributed by atoms with E-state index in [2.05, 4.69) is 33.9 Å². The highest BCUT2D eigenvalue weighted by molar-refractivity contribution is 6.74. The Bertz CT molecular complexity index is 525. The maximum Gasteiger partial charge on any atom is 0.415 e. The Labute approximate surface area is 151 Å². The van der Waals surface area contributed by atoms with Crippen LogP contribution in [0.3, 0.4) is 0 Å². The van der Waals surface area contributed by atoms with Crippen LogP contribution in [0, 0.1) is 0 Å². The number of carbonyl (C=O) groups is 1. The molecular formula is C15H28IN3O2Si. The molecule has 1 aromatic heterocycles. The number of nitrogens with zero attached hydrogens (tertiary/aromatic N) is 3. The van der Waals surface area contributed by atoms with E-state index in [-0.39, 0.29) is 41.1 Å². The van der Waals surface area contributed by atoms with Crippen molar-refractivity contribution in [2.75, 3.05) is 13.1 Å². The molecule has 5 nitrogen and oxygen atoms in total. The summed E-state index contributed by atoms with van der Waals surface area (Å²) in [5.41, 5.74) is 0. The van der Waals surface area contributed by atoms with Crippen molar-refractivity contribution in [3.8, 4) is 0 Å². The van der Waals surface area contributed by atoms with Crippen LogP contribution < -0.4 is 28.5 Å². The zero-order valence-corrected chi connectivity index (χ0v) is 17.6. The minimum atomic E-state index is -1.76. The summed E-state index contributed by atoms with van der Waals surface area (Å²) in [7, 11) is 0.155. The van der Waals surface area contributed by atoms with Crippen LogP contribution in [0.4, 0.5) is 4.79 Å². The van der Waals surface area contributed by atoms with Crippen molar-refractivity contribution in [3.63, 3.8) is 0 Å². The fourth-order valence-corrected chi connectivity index (χ4v) is 3.70. The van der Waals surface area contributed by atoms with Gasteiger partial charge >= 0.3 is 6.03 Å². The molecule has 2 heterocycles. The van der Waals surface area contributed by atoms with Crippen LogP contribution in [-0.4, -0.2) is 43.0 Å². The van der Waals surface area contributed by atoms with Crippen molar-refractivity contribution in [2.24, 2.45) is 7.05 Å². The van der Waals surface area contributed by atoms with Gasteiger partial charge in [0.05, 0.1) is 13.2 Å². The summed E-state index contributed by atoms with van der Waals surface area (Å²) in [6.45, 7) is 12.8. The quantitative estimate of drug-likeness (QED) is 0.352. The standard InChI is InChI=1S/C15H28N3O2Si.HI/c1-15(2,3)21(5,6)20-13-7-8-17(11-13)14(19)18-10-9-16(4)12-18;/h9-10,12-13H,7-8,11H2,1-6H3;1H/q+1;/p-1/t13-;/m0./s1. The first-order chi connectivity index (χ1) is 9.60. The summed E-state index contributed by atoms with van der Waals surface area (Å²) in [6.07, 6.45) is 6.58. The van der Waals surface area contributed by atoms with Gasteiger partial charge < -0.3 is 33.3 Å². The number of rotatable bonds is 2. The molecule has 1 amide bonds. The van der Waals surface area contributed by atoms with Gasteiger partial charge in [-0.3, -0.25) is 0 Å². The summed E-state index contributed by atoms with van der Waals surface area (Å²) in [6, 6.07) is 0.0388. The van der Waals surface area contributed by atoms with Gasteiger partial charge in [0, 0.05) is 13.1 Å². The third-order valence-corrected chi connectivity index (χ3v) is 9.21. The number of likely N-dealkylation sites (tertiary alicyclic amines) is 1. The number of halogens is 1. The van der Waals surface area contributed by atoms with E-state index in [1.54, 1.807) is 17.1 Å². The molecule has 1 fully saturated rings. The summed E-state index contributed by atoms with van der Waals surface area (Å²) in [5.74, 6) is 0. The Balaban J connectivity index is 0.00000242. The fourth-order valence-electron chi connectivity index (χ4n) is 2.32. The van der Waals surface area contributed by atoms with Crippen LogP contribution >= 0.6 is 0 Å². The maximum atomic E-state index is 12.4. The summed E-state index contributed by atoms with van der Waals surface area (Å²) >= 11 is 0. The van der Waals surface area contributed by atoms with Gasteiger partial charge in [-0.25, -0.2) is 9.36 Å². The third kappa shape index (κ3) is 4.32. The van der Waals surface area contributed by atoms with Crippen molar-refractivity contribution in [1.29, 1.82) is 0 Å². The van der Waals surface area contributed by atoms with Crippen LogP contribution in [0.1, 0.15) is 27.2 Å². The van der Waals surface area contributed by atoms with E-state index in [9.17, 15) is 4.79 Å². The first-order valence-electron chi connectivity index (χ1n) is 7.60. The molecule has 126 valence electrons. The smallest absolute Gasteiger partial charge is 0.415 e. The fraction of sp³-hybridized carbons (Fsp3) is 0.733. The Kier molecular flexibility index (Phi) is 6.25. The molecular weight excluding hydrogens is 409 g/mol. The van der Waals surface area contributed by atoms with Gasteiger partial charge in [-0.2, -0.15) is 4.57 Å². The second-order valence-corrected chi connectivity index (χ2v) is 12.3. The highest BCUT2D eigenvalue weighted by atomic mass is 127. The first kappa shape index (κ1) is 19.6. The number of carbonyl (C=O) groups excluding carboxylic acids is 1. The topological polar surface area (TPSA) is 38.3 Å². The summed E-state index contributed by atoms with van der Waals surface area (Å²) in [4.78, 5) is 14.3. The number of amides is 1. The highest BCUT2D eigenvalue weighted by Crippen LogP contribution is 2.38. The molecule has 0 unspecified atom stereocenters. The maximum absolute atomic E-state index is 12.4. The van der Waals surface area contributed by atoms with Crippen LogP contribution in [0.25, 0.3) is 0 Å². The predicted octanol–water partition coefficient (Wildman–Crippen LogP) is -0.619. The van der Waals surface area contributed by atoms with E-state index in [1.165, 1.54) is 0 Å². The van der Waals surface area contributed by atoms with E-state index >= 15 is 0 Å². The molecule has 22 heavy (non-hydrogen) atoms. The number of hydrogen-bond donors (Lipinski definition) is 0. The van der Waals surface area contributed by atoms with E-state index in [0.29, 0.717) is 6.54 Å². The lowest BCUT2D eigenvalue weighted by atomic mass is 10.2. The second-order valence-electron chi connectivity index (χ2n) is 7.50. The SMILES string of the molecule is C[n+]1ccn(C(=O)N2CC[C@H](O[Si](C)(C)C(C)(C)C)C2)c1.[I-]. The minimum Gasteiger partial charge on any atom is -1.00 e.